The van der Waals surface area contributed by atoms with Crippen molar-refractivity contribution in [3.63, 3.8) is 0 Å². The molecule has 2 aliphatic rings. The summed E-state index contributed by atoms with van der Waals surface area (Å²) >= 11 is 0. The summed E-state index contributed by atoms with van der Waals surface area (Å²) in [7, 11) is 2.02. The van der Waals surface area contributed by atoms with Crippen molar-refractivity contribution in [3.8, 4) is 0 Å². The molecule has 0 radical (unpaired) electrons. The predicted octanol–water partition coefficient (Wildman–Crippen LogP) is 4.65. The largest absolute Gasteiger partial charge is 0.419 e. The van der Waals surface area contributed by atoms with Gasteiger partial charge in [-0.2, -0.15) is 18.3 Å². The van der Waals surface area contributed by atoms with Gasteiger partial charge in [-0.3, -0.25) is 0 Å². The third-order valence-corrected chi connectivity index (χ3v) is 4.69. The molecule has 29 heavy (non-hydrogen) atoms. The monoisotopic (exact) mass is 413 g/mol. The van der Waals surface area contributed by atoms with E-state index in [-0.39, 0.29) is 5.69 Å². The second kappa shape index (κ2) is 9.39. The van der Waals surface area contributed by atoms with E-state index in [0.29, 0.717) is 11.5 Å². The number of rotatable bonds is 1. The second-order valence-electron chi connectivity index (χ2n) is 6.89. The Morgan fingerprint density at radius 2 is 1.76 bits per heavy atom. The summed E-state index contributed by atoms with van der Waals surface area (Å²) in [6.45, 7) is 11.8. The summed E-state index contributed by atoms with van der Waals surface area (Å²) < 4.78 is 53.2. The predicted molar refractivity (Wildman–Crippen MR) is 108 cm³/mol. The van der Waals surface area contributed by atoms with Crippen LogP contribution in [0.15, 0.2) is 34.9 Å². The molecule has 1 aromatic rings. The first-order chi connectivity index (χ1) is 13.6. The van der Waals surface area contributed by atoms with Crippen LogP contribution >= 0.6 is 0 Å². The quantitative estimate of drug-likeness (QED) is 0.382. The number of benzene rings is 1. The molecule has 2 heterocycles. The van der Waals surface area contributed by atoms with Gasteiger partial charge in [-0.25, -0.2) is 14.4 Å². The molecule has 0 aromatic heterocycles. The molecule has 1 unspecified atom stereocenters. The van der Waals surface area contributed by atoms with Crippen molar-refractivity contribution in [2.24, 2.45) is 10.1 Å². The maximum absolute atomic E-state index is 14.0. The summed E-state index contributed by atoms with van der Waals surface area (Å²) in [6, 6.07) is 1.23. The lowest BCUT2D eigenvalue weighted by Crippen LogP contribution is -2.52. The van der Waals surface area contributed by atoms with Crippen molar-refractivity contribution >= 4 is 17.9 Å². The van der Waals surface area contributed by atoms with Crippen LogP contribution in [0, 0.1) is 5.82 Å². The Labute approximate surface area is 169 Å². The number of halogens is 4. The Morgan fingerprint density at radius 1 is 1.17 bits per heavy atom. The molecule has 1 aromatic carbocycles. The number of piperazine rings is 1. The normalized spacial score (nSPS) is 20.1. The minimum absolute atomic E-state index is 0.222. The van der Waals surface area contributed by atoms with Crippen LogP contribution in [0.25, 0.3) is 0 Å². The highest BCUT2D eigenvalue weighted by atomic mass is 19.4. The van der Waals surface area contributed by atoms with Crippen LogP contribution in [0.4, 0.5) is 23.2 Å². The van der Waals surface area contributed by atoms with Gasteiger partial charge in [-0.15, -0.1) is 6.58 Å². The van der Waals surface area contributed by atoms with Gasteiger partial charge in [-0.05, 0) is 33.9 Å². The standard InChI is InChI=1S/C17H21F4N5.C3H6/c1-4-22-26-11(2)12-9-13(17(19,20)21)14(18)10-15(12)23-16(26)25-7-5-24(3)6-8-25;1-3-2/h4,9-11H,5-8H2,1-3H3;3H,1H2,2H3/b22-4-;. The van der Waals surface area contributed by atoms with Crippen LogP contribution in [0.1, 0.15) is 37.9 Å². The average molecular weight is 413 g/mol. The number of aliphatic imine (C=N–C) groups is 1. The van der Waals surface area contributed by atoms with Crippen LogP contribution in [0.5, 0.6) is 0 Å². The summed E-state index contributed by atoms with van der Waals surface area (Å²) in [5, 5.41) is 5.90. The van der Waals surface area contributed by atoms with E-state index in [1.54, 1.807) is 31.1 Å². The fourth-order valence-corrected chi connectivity index (χ4v) is 3.19. The Balaban J connectivity index is 0.000000941. The molecule has 3 rings (SSSR count). The Hall–Kier alpha value is -2.42. The molecule has 0 aliphatic carbocycles. The third kappa shape index (κ3) is 5.14. The molecule has 0 bridgehead atoms. The highest BCUT2D eigenvalue weighted by Gasteiger charge is 2.38. The van der Waals surface area contributed by atoms with Gasteiger partial charge in [0.25, 0.3) is 0 Å². The second-order valence-corrected chi connectivity index (χ2v) is 6.89. The molecule has 160 valence electrons. The summed E-state index contributed by atoms with van der Waals surface area (Å²) in [5.41, 5.74) is -0.747. The number of guanidine groups is 1. The average Bonchev–Trinajstić information content (AvgIpc) is 2.64. The molecule has 9 heteroatoms. The van der Waals surface area contributed by atoms with Crippen LogP contribution in [-0.2, 0) is 6.18 Å². The highest BCUT2D eigenvalue weighted by Crippen LogP contribution is 2.41. The van der Waals surface area contributed by atoms with Gasteiger partial charge in [0.05, 0.1) is 17.3 Å². The molecule has 1 saturated heterocycles. The van der Waals surface area contributed by atoms with E-state index in [4.69, 9.17) is 0 Å². The summed E-state index contributed by atoms with van der Waals surface area (Å²) in [4.78, 5) is 8.67. The fraction of sp³-hybridized carbons (Fsp3) is 0.500. The van der Waals surface area contributed by atoms with Gasteiger partial charge >= 0.3 is 6.18 Å². The van der Waals surface area contributed by atoms with Crippen LogP contribution in [0.2, 0.25) is 0 Å². The van der Waals surface area contributed by atoms with E-state index in [0.717, 1.165) is 38.3 Å². The highest BCUT2D eigenvalue weighted by molar-refractivity contribution is 5.86. The summed E-state index contributed by atoms with van der Waals surface area (Å²) in [6.07, 6.45) is -1.43. The maximum Gasteiger partial charge on any atom is 0.419 e. The number of nitrogens with zero attached hydrogens (tertiary/aromatic N) is 5. The van der Waals surface area contributed by atoms with Crippen molar-refractivity contribution in [2.75, 3.05) is 33.2 Å². The fourth-order valence-electron chi connectivity index (χ4n) is 3.19. The first-order valence-corrected chi connectivity index (χ1v) is 9.41. The first kappa shape index (κ1) is 22.9. The van der Waals surface area contributed by atoms with Crippen molar-refractivity contribution in [1.29, 1.82) is 0 Å². The van der Waals surface area contributed by atoms with Gasteiger partial charge in [0.2, 0.25) is 5.96 Å². The molecule has 0 amide bonds. The van der Waals surface area contributed by atoms with E-state index in [1.165, 1.54) is 0 Å². The molecular weight excluding hydrogens is 386 g/mol. The SMILES string of the molecule is C/C=N\N1C(N2CCN(C)CC2)=Nc2cc(F)c(C(F)(F)F)cc2C1C.C=CC. The number of likely N-dealkylation sites (N-methyl/N-ethyl adjacent to an activating group) is 1. The number of alkyl halides is 3. The van der Waals surface area contributed by atoms with Gasteiger partial charge in [0.15, 0.2) is 0 Å². The molecular formula is C20H27F4N5. The topological polar surface area (TPSA) is 34.4 Å². The molecule has 0 spiro atoms. The molecule has 5 nitrogen and oxygen atoms in total. The Morgan fingerprint density at radius 3 is 2.28 bits per heavy atom. The lowest BCUT2D eigenvalue weighted by Gasteiger charge is -2.41. The maximum atomic E-state index is 14.0. The Kier molecular flexibility index (Phi) is 7.40. The van der Waals surface area contributed by atoms with E-state index >= 15 is 0 Å². The Bertz CT molecular complexity index is 780. The zero-order valence-electron chi connectivity index (χ0n) is 17.2. The van der Waals surface area contributed by atoms with Gasteiger partial charge in [0, 0.05) is 44.0 Å². The van der Waals surface area contributed by atoms with Crippen molar-refractivity contribution in [2.45, 2.75) is 33.0 Å². The smallest absolute Gasteiger partial charge is 0.338 e. The minimum atomic E-state index is -4.75. The van der Waals surface area contributed by atoms with E-state index in [1.807, 2.05) is 18.9 Å². The van der Waals surface area contributed by atoms with Crippen LogP contribution < -0.4 is 0 Å². The molecule has 0 saturated carbocycles. The molecule has 1 fully saturated rings. The molecule has 2 aliphatic heterocycles. The summed E-state index contributed by atoms with van der Waals surface area (Å²) in [5.74, 6) is -0.771. The van der Waals surface area contributed by atoms with Gasteiger partial charge in [0.1, 0.15) is 5.82 Å². The zero-order chi connectivity index (χ0) is 21.8. The molecule has 0 N–H and O–H groups in total. The van der Waals surface area contributed by atoms with E-state index in [9.17, 15) is 17.6 Å². The number of fused-ring (bicyclic) bond motifs is 1. The van der Waals surface area contributed by atoms with Crippen molar-refractivity contribution in [3.05, 3.63) is 41.7 Å². The van der Waals surface area contributed by atoms with Crippen molar-refractivity contribution < 1.29 is 17.6 Å². The van der Waals surface area contributed by atoms with Crippen molar-refractivity contribution in [1.82, 2.24) is 14.8 Å². The van der Waals surface area contributed by atoms with Crippen LogP contribution in [-0.4, -0.2) is 60.2 Å². The van der Waals surface area contributed by atoms with Gasteiger partial charge < -0.3 is 9.80 Å². The third-order valence-electron chi connectivity index (χ3n) is 4.69. The minimum Gasteiger partial charge on any atom is -0.338 e. The lowest BCUT2D eigenvalue weighted by molar-refractivity contribution is -0.140. The lowest BCUT2D eigenvalue weighted by atomic mass is 10.00. The number of hydrogen-bond acceptors (Lipinski definition) is 5. The van der Waals surface area contributed by atoms with E-state index in [2.05, 4.69) is 21.6 Å². The molecule has 1 atom stereocenters. The van der Waals surface area contributed by atoms with Crippen LogP contribution in [0.3, 0.4) is 0 Å². The van der Waals surface area contributed by atoms with Gasteiger partial charge in [-0.1, -0.05) is 6.08 Å². The number of allylic oxidation sites excluding steroid dienone is 1. The number of hydrazone groups is 1. The van der Waals surface area contributed by atoms with E-state index < -0.39 is 23.6 Å². The first-order valence-electron chi connectivity index (χ1n) is 9.41. The number of hydrogen-bond donors (Lipinski definition) is 0. The zero-order valence-corrected chi connectivity index (χ0v) is 17.2.